The zero-order valence-electron chi connectivity index (χ0n) is 9.59. The molecule has 1 fully saturated rings. The van der Waals surface area contributed by atoms with Crippen molar-refractivity contribution in [2.75, 3.05) is 13.1 Å². The van der Waals surface area contributed by atoms with Crippen LogP contribution in [0.15, 0.2) is 27.5 Å². The molecule has 3 rings (SSSR count). The number of halogens is 2. The molecule has 18 heavy (non-hydrogen) atoms. The van der Waals surface area contributed by atoms with Crippen LogP contribution in [-0.2, 0) is 0 Å². The molecular weight excluding hydrogens is 316 g/mol. The first-order valence-electron chi connectivity index (χ1n) is 5.88. The summed E-state index contributed by atoms with van der Waals surface area (Å²) in [6.45, 7) is 1.93. The SMILES string of the molecule is O=c1[nH]c(C2CCNC2)cc2cc(Cl)c(Br)cc12. The van der Waals surface area contributed by atoms with Crippen LogP contribution in [0, 0.1) is 0 Å². The minimum absolute atomic E-state index is 0.0493. The van der Waals surface area contributed by atoms with Crippen LogP contribution in [0.3, 0.4) is 0 Å². The van der Waals surface area contributed by atoms with E-state index in [1.54, 1.807) is 6.07 Å². The number of rotatable bonds is 1. The molecular formula is C13H12BrClN2O. The van der Waals surface area contributed by atoms with Crippen LogP contribution in [0.4, 0.5) is 0 Å². The Bertz CT molecular complexity index is 662. The van der Waals surface area contributed by atoms with Gasteiger partial charge in [0.2, 0.25) is 0 Å². The maximum absolute atomic E-state index is 12.1. The molecule has 2 heterocycles. The fraction of sp³-hybridized carbons (Fsp3) is 0.308. The lowest BCUT2D eigenvalue weighted by atomic mass is 10.0. The van der Waals surface area contributed by atoms with Crippen LogP contribution in [0.2, 0.25) is 5.02 Å². The summed E-state index contributed by atoms with van der Waals surface area (Å²) in [4.78, 5) is 15.1. The van der Waals surface area contributed by atoms with E-state index in [-0.39, 0.29) is 5.56 Å². The van der Waals surface area contributed by atoms with Gasteiger partial charge in [0, 0.05) is 28.0 Å². The highest BCUT2D eigenvalue weighted by Gasteiger charge is 2.18. The molecule has 0 saturated carbocycles. The van der Waals surface area contributed by atoms with Gasteiger partial charge in [-0.15, -0.1) is 0 Å². The number of benzene rings is 1. The minimum Gasteiger partial charge on any atom is -0.325 e. The molecule has 3 nitrogen and oxygen atoms in total. The van der Waals surface area contributed by atoms with E-state index >= 15 is 0 Å². The third-order valence-electron chi connectivity index (χ3n) is 3.41. The van der Waals surface area contributed by atoms with Crippen molar-refractivity contribution in [2.24, 2.45) is 0 Å². The van der Waals surface area contributed by atoms with Gasteiger partial charge in [-0.1, -0.05) is 11.6 Å². The number of aromatic amines is 1. The Hall–Kier alpha value is -0.840. The van der Waals surface area contributed by atoms with Crippen molar-refractivity contribution in [1.82, 2.24) is 10.3 Å². The van der Waals surface area contributed by atoms with Gasteiger partial charge in [-0.2, -0.15) is 0 Å². The number of fused-ring (bicyclic) bond motifs is 1. The molecule has 1 atom stereocenters. The molecule has 1 aliphatic rings. The number of hydrogen-bond acceptors (Lipinski definition) is 2. The van der Waals surface area contributed by atoms with Crippen LogP contribution in [0.1, 0.15) is 18.0 Å². The molecule has 1 aromatic carbocycles. The quantitative estimate of drug-likeness (QED) is 0.845. The predicted octanol–water partition coefficient (Wildman–Crippen LogP) is 3.02. The second-order valence-corrected chi connectivity index (χ2v) is 5.86. The van der Waals surface area contributed by atoms with Gasteiger partial charge in [-0.05, 0) is 52.5 Å². The highest BCUT2D eigenvalue weighted by atomic mass is 79.9. The summed E-state index contributed by atoms with van der Waals surface area (Å²) in [5, 5.41) is 5.50. The number of H-pyrrole nitrogens is 1. The summed E-state index contributed by atoms with van der Waals surface area (Å²) in [6, 6.07) is 5.64. The Balaban J connectivity index is 2.20. The maximum Gasteiger partial charge on any atom is 0.256 e. The Morgan fingerprint density at radius 2 is 2.17 bits per heavy atom. The van der Waals surface area contributed by atoms with Gasteiger partial charge in [-0.25, -0.2) is 0 Å². The number of nitrogens with one attached hydrogen (secondary N) is 2. The van der Waals surface area contributed by atoms with Crippen LogP contribution >= 0.6 is 27.5 Å². The third kappa shape index (κ3) is 2.09. The highest BCUT2D eigenvalue weighted by molar-refractivity contribution is 9.10. The molecule has 1 saturated heterocycles. The number of aromatic nitrogens is 1. The molecule has 0 radical (unpaired) electrons. The highest BCUT2D eigenvalue weighted by Crippen LogP contribution is 2.28. The van der Waals surface area contributed by atoms with Crippen molar-refractivity contribution in [3.8, 4) is 0 Å². The first-order chi connectivity index (χ1) is 8.65. The smallest absolute Gasteiger partial charge is 0.256 e. The average molecular weight is 328 g/mol. The second-order valence-electron chi connectivity index (χ2n) is 4.60. The van der Waals surface area contributed by atoms with E-state index in [0.717, 1.165) is 35.1 Å². The Kier molecular flexibility index (Phi) is 3.18. The van der Waals surface area contributed by atoms with E-state index in [2.05, 4.69) is 26.2 Å². The fourth-order valence-electron chi connectivity index (χ4n) is 2.42. The predicted molar refractivity (Wildman–Crippen MR) is 77.5 cm³/mol. The van der Waals surface area contributed by atoms with Crippen LogP contribution < -0.4 is 10.9 Å². The monoisotopic (exact) mass is 326 g/mol. The van der Waals surface area contributed by atoms with Gasteiger partial charge in [0.25, 0.3) is 5.56 Å². The Morgan fingerprint density at radius 3 is 2.89 bits per heavy atom. The molecule has 1 unspecified atom stereocenters. The average Bonchev–Trinajstić information content (AvgIpc) is 2.85. The van der Waals surface area contributed by atoms with Crippen LogP contribution in [-0.4, -0.2) is 18.1 Å². The standard InChI is InChI=1S/C13H12BrClN2O/c14-10-5-9-8(3-11(10)15)4-12(17-13(9)18)7-1-2-16-6-7/h3-5,7,16H,1-2,6H2,(H,17,18). The van der Waals surface area contributed by atoms with Crippen molar-refractivity contribution in [2.45, 2.75) is 12.3 Å². The lowest BCUT2D eigenvalue weighted by molar-refractivity contribution is 0.733. The van der Waals surface area contributed by atoms with E-state index in [0.29, 0.717) is 16.3 Å². The van der Waals surface area contributed by atoms with Crippen molar-refractivity contribution < 1.29 is 0 Å². The molecule has 94 valence electrons. The zero-order valence-corrected chi connectivity index (χ0v) is 11.9. The molecule has 2 N–H and O–H groups in total. The fourth-order valence-corrected chi connectivity index (χ4v) is 2.94. The summed E-state index contributed by atoms with van der Waals surface area (Å²) >= 11 is 9.42. The van der Waals surface area contributed by atoms with E-state index in [1.165, 1.54) is 0 Å². The van der Waals surface area contributed by atoms with Gasteiger partial charge >= 0.3 is 0 Å². The molecule has 5 heteroatoms. The second kappa shape index (κ2) is 4.68. The van der Waals surface area contributed by atoms with E-state index in [9.17, 15) is 4.79 Å². The number of hydrogen-bond donors (Lipinski definition) is 2. The number of pyridine rings is 1. The first-order valence-corrected chi connectivity index (χ1v) is 7.05. The summed E-state index contributed by atoms with van der Waals surface area (Å²) < 4.78 is 0.748. The summed E-state index contributed by atoms with van der Waals surface area (Å²) in [6.07, 6.45) is 1.06. The summed E-state index contributed by atoms with van der Waals surface area (Å²) in [5.74, 6) is 0.393. The summed E-state index contributed by atoms with van der Waals surface area (Å²) in [5.41, 5.74) is 0.947. The molecule has 0 aliphatic carbocycles. The van der Waals surface area contributed by atoms with Crippen LogP contribution in [0.25, 0.3) is 10.8 Å². The lowest BCUT2D eigenvalue weighted by Crippen LogP contribution is -2.14. The van der Waals surface area contributed by atoms with Gasteiger partial charge in [0.05, 0.1) is 5.02 Å². The first kappa shape index (κ1) is 12.2. The molecule has 0 bridgehead atoms. The zero-order chi connectivity index (χ0) is 12.7. The van der Waals surface area contributed by atoms with Gasteiger partial charge in [0.15, 0.2) is 0 Å². The Morgan fingerprint density at radius 1 is 1.33 bits per heavy atom. The largest absolute Gasteiger partial charge is 0.325 e. The summed E-state index contributed by atoms with van der Waals surface area (Å²) in [7, 11) is 0. The normalized spacial score (nSPS) is 19.6. The molecule has 0 spiro atoms. The topological polar surface area (TPSA) is 44.9 Å². The van der Waals surface area contributed by atoms with Crippen molar-refractivity contribution in [1.29, 1.82) is 0 Å². The van der Waals surface area contributed by atoms with E-state index in [4.69, 9.17) is 11.6 Å². The maximum atomic E-state index is 12.1. The molecule has 2 aromatic rings. The van der Waals surface area contributed by atoms with Crippen molar-refractivity contribution >= 4 is 38.3 Å². The molecule has 1 aliphatic heterocycles. The molecule has 0 amide bonds. The molecule has 1 aromatic heterocycles. The van der Waals surface area contributed by atoms with Crippen molar-refractivity contribution in [3.05, 3.63) is 43.7 Å². The minimum atomic E-state index is -0.0493. The van der Waals surface area contributed by atoms with E-state index < -0.39 is 0 Å². The lowest BCUT2D eigenvalue weighted by Gasteiger charge is -2.10. The van der Waals surface area contributed by atoms with Gasteiger partial charge in [0.1, 0.15) is 0 Å². The van der Waals surface area contributed by atoms with Gasteiger partial charge < -0.3 is 10.3 Å². The van der Waals surface area contributed by atoms with Crippen LogP contribution in [0.5, 0.6) is 0 Å². The van der Waals surface area contributed by atoms with Gasteiger partial charge in [-0.3, -0.25) is 4.79 Å². The van der Waals surface area contributed by atoms with Crippen molar-refractivity contribution in [3.63, 3.8) is 0 Å². The Labute approximate surface area is 118 Å². The third-order valence-corrected chi connectivity index (χ3v) is 4.60. The van der Waals surface area contributed by atoms with E-state index in [1.807, 2.05) is 12.1 Å².